The van der Waals surface area contributed by atoms with Gasteiger partial charge >= 0.3 is 0 Å². The summed E-state index contributed by atoms with van der Waals surface area (Å²) in [6.07, 6.45) is 1.38. The van der Waals surface area contributed by atoms with E-state index in [2.05, 4.69) is 0 Å². The molecule has 1 atom stereocenters. The highest BCUT2D eigenvalue weighted by molar-refractivity contribution is 5.09. The van der Waals surface area contributed by atoms with Crippen LogP contribution in [0, 0.1) is 0 Å². The summed E-state index contributed by atoms with van der Waals surface area (Å²) in [5.41, 5.74) is 0.846. The van der Waals surface area contributed by atoms with Gasteiger partial charge in [-0.2, -0.15) is 0 Å². The molecular weight excluding hydrogens is 142 g/mol. The molecule has 0 radical (unpaired) electrons. The van der Waals surface area contributed by atoms with Crippen LogP contribution in [0.3, 0.4) is 0 Å². The number of aliphatic hydroxyl groups is 2. The summed E-state index contributed by atoms with van der Waals surface area (Å²) >= 11 is 0. The van der Waals surface area contributed by atoms with Gasteiger partial charge in [0.2, 0.25) is 0 Å². The molecule has 0 aromatic carbocycles. The van der Waals surface area contributed by atoms with Crippen molar-refractivity contribution in [2.24, 2.45) is 0 Å². The predicted octanol–water partition coefficient (Wildman–Crippen LogP) is 0.534. The number of nitrogens with zero attached hydrogens (tertiary/aromatic N) is 1. The minimum Gasteiger partial charge on any atom is -0.395 e. The fourth-order valence-electron chi connectivity index (χ4n) is 1.12. The molecule has 0 aliphatic carbocycles. The largest absolute Gasteiger partial charge is 0.395 e. The van der Waals surface area contributed by atoms with Crippen molar-refractivity contribution < 1.29 is 10.2 Å². The van der Waals surface area contributed by atoms with Crippen LogP contribution < -0.4 is 0 Å². The fraction of sp³-hybridized carbons (Fsp3) is 0.500. The zero-order valence-electron chi connectivity index (χ0n) is 6.57. The molecule has 0 saturated heterocycles. The number of aromatic nitrogens is 1. The highest BCUT2D eigenvalue weighted by atomic mass is 16.3. The van der Waals surface area contributed by atoms with Gasteiger partial charge in [0.1, 0.15) is 0 Å². The van der Waals surface area contributed by atoms with Crippen LogP contribution in [-0.2, 0) is 6.54 Å². The first-order valence-electron chi connectivity index (χ1n) is 3.69. The van der Waals surface area contributed by atoms with E-state index >= 15 is 0 Å². The Bertz CT molecular complexity index is 218. The van der Waals surface area contributed by atoms with E-state index in [0.717, 1.165) is 5.69 Å². The minimum absolute atomic E-state index is 0.106. The number of hydrogen-bond acceptors (Lipinski definition) is 2. The molecule has 0 spiro atoms. The molecule has 1 unspecified atom stereocenters. The molecule has 1 rings (SSSR count). The monoisotopic (exact) mass is 155 g/mol. The molecule has 11 heavy (non-hydrogen) atoms. The molecule has 0 amide bonds. The third kappa shape index (κ3) is 1.82. The van der Waals surface area contributed by atoms with Crippen LogP contribution in [0.1, 0.15) is 18.7 Å². The standard InChI is InChI=1S/C8H13NO2/c1-7(11)8-3-2-4-9(8)5-6-10/h2-4,7,10-11H,5-6H2,1H3. The molecule has 62 valence electrons. The molecule has 0 aliphatic heterocycles. The summed E-state index contributed by atoms with van der Waals surface area (Å²) in [5, 5.41) is 17.9. The minimum atomic E-state index is -0.462. The van der Waals surface area contributed by atoms with Gasteiger partial charge in [-0.15, -0.1) is 0 Å². The molecule has 3 nitrogen and oxygen atoms in total. The Morgan fingerprint density at radius 2 is 2.36 bits per heavy atom. The average Bonchev–Trinajstić information content (AvgIpc) is 2.36. The fourth-order valence-corrected chi connectivity index (χ4v) is 1.12. The van der Waals surface area contributed by atoms with Crippen LogP contribution in [-0.4, -0.2) is 21.4 Å². The summed E-state index contributed by atoms with van der Waals surface area (Å²) < 4.78 is 1.84. The Hall–Kier alpha value is -0.800. The van der Waals surface area contributed by atoms with E-state index in [1.54, 1.807) is 6.92 Å². The zero-order valence-corrected chi connectivity index (χ0v) is 6.57. The molecule has 1 heterocycles. The topological polar surface area (TPSA) is 45.4 Å². The Labute approximate surface area is 65.9 Å². The summed E-state index contributed by atoms with van der Waals surface area (Å²) in [6.45, 7) is 2.37. The maximum atomic E-state index is 9.22. The average molecular weight is 155 g/mol. The lowest BCUT2D eigenvalue weighted by molar-refractivity contribution is 0.185. The highest BCUT2D eigenvalue weighted by Gasteiger charge is 2.04. The van der Waals surface area contributed by atoms with Gasteiger partial charge in [-0.05, 0) is 19.1 Å². The van der Waals surface area contributed by atoms with Crippen molar-refractivity contribution in [1.82, 2.24) is 4.57 Å². The molecule has 0 aliphatic rings. The van der Waals surface area contributed by atoms with Crippen molar-refractivity contribution in [3.05, 3.63) is 24.0 Å². The quantitative estimate of drug-likeness (QED) is 0.669. The van der Waals surface area contributed by atoms with E-state index in [1.807, 2.05) is 22.9 Å². The van der Waals surface area contributed by atoms with E-state index in [-0.39, 0.29) is 6.61 Å². The van der Waals surface area contributed by atoms with Crippen molar-refractivity contribution in [1.29, 1.82) is 0 Å². The maximum Gasteiger partial charge on any atom is 0.0911 e. The van der Waals surface area contributed by atoms with Crippen LogP contribution in [0.15, 0.2) is 18.3 Å². The summed E-state index contributed by atoms with van der Waals surface area (Å²) in [5.74, 6) is 0. The molecule has 0 saturated carbocycles. The first-order chi connectivity index (χ1) is 5.25. The second kappa shape index (κ2) is 3.55. The van der Waals surface area contributed by atoms with Crippen molar-refractivity contribution in [3.63, 3.8) is 0 Å². The molecule has 0 fully saturated rings. The highest BCUT2D eigenvalue weighted by Crippen LogP contribution is 2.11. The van der Waals surface area contributed by atoms with Crippen LogP contribution in [0.4, 0.5) is 0 Å². The zero-order chi connectivity index (χ0) is 8.27. The Morgan fingerprint density at radius 3 is 2.91 bits per heavy atom. The van der Waals surface area contributed by atoms with Gasteiger partial charge in [0, 0.05) is 18.4 Å². The van der Waals surface area contributed by atoms with Gasteiger partial charge < -0.3 is 14.8 Å². The Balaban J connectivity index is 2.78. The first-order valence-corrected chi connectivity index (χ1v) is 3.69. The second-order valence-electron chi connectivity index (χ2n) is 2.53. The third-order valence-electron chi connectivity index (χ3n) is 1.63. The Morgan fingerprint density at radius 1 is 1.64 bits per heavy atom. The van der Waals surface area contributed by atoms with E-state index in [4.69, 9.17) is 5.11 Å². The number of rotatable bonds is 3. The lowest BCUT2D eigenvalue weighted by Gasteiger charge is -2.08. The van der Waals surface area contributed by atoms with Crippen LogP contribution in [0.25, 0.3) is 0 Å². The van der Waals surface area contributed by atoms with E-state index < -0.39 is 6.10 Å². The normalized spacial score (nSPS) is 13.4. The van der Waals surface area contributed by atoms with Crippen LogP contribution in [0.5, 0.6) is 0 Å². The van der Waals surface area contributed by atoms with Gasteiger partial charge in [0.05, 0.1) is 12.7 Å². The van der Waals surface area contributed by atoms with Gasteiger partial charge in [-0.3, -0.25) is 0 Å². The van der Waals surface area contributed by atoms with Crippen LogP contribution >= 0.6 is 0 Å². The maximum absolute atomic E-state index is 9.22. The summed E-state index contributed by atoms with van der Waals surface area (Å²) in [6, 6.07) is 3.71. The van der Waals surface area contributed by atoms with Gasteiger partial charge in [0.15, 0.2) is 0 Å². The lowest BCUT2D eigenvalue weighted by atomic mass is 10.3. The lowest BCUT2D eigenvalue weighted by Crippen LogP contribution is -2.06. The Kier molecular flexibility index (Phi) is 2.68. The van der Waals surface area contributed by atoms with Gasteiger partial charge in [-0.25, -0.2) is 0 Å². The van der Waals surface area contributed by atoms with Gasteiger partial charge in [-0.1, -0.05) is 0 Å². The first kappa shape index (κ1) is 8.30. The number of hydrogen-bond donors (Lipinski definition) is 2. The SMILES string of the molecule is CC(O)c1cccn1CCO. The smallest absolute Gasteiger partial charge is 0.0911 e. The molecule has 1 aromatic heterocycles. The molecular formula is C8H13NO2. The predicted molar refractivity (Wildman–Crippen MR) is 42.2 cm³/mol. The van der Waals surface area contributed by atoms with Gasteiger partial charge in [0.25, 0.3) is 0 Å². The van der Waals surface area contributed by atoms with Crippen molar-refractivity contribution in [2.75, 3.05) is 6.61 Å². The third-order valence-corrected chi connectivity index (χ3v) is 1.63. The van der Waals surface area contributed by atoms with Crippen molar-refractivity contribution in [3.8, 4) is 0 Å². The molecule has 2 N–H and O–H groups in total. The summed E-state index contributed by atoms with van der Waals surface area (Å²) in [7, 11) is 0. The molecule has 0 bridgehead atoms. The van der Waals surface area contributed by atoms with Crippen LogP contribution in [0.2, 0.25) is 0 Å². The van der Waals surface area contributed by atoms with E-state index in [1.165, 1.54) is 0 Å². The van der Waals surface area contributed by atoms with E-state index in [0.29, 0.717) is 6.54 Å². The number of aliphatic hydroxyl groups excluding tert-OH is 2. The second-order valence-corrected chi connectivity index (χ2v) is 2.53. The summed E-state index contributed by atoms with van der Waals surface area (Å²) in [4.78, 5) is 0. The molecule has 1 aromatic rings. The van der Waals surface area contributed by atoms with E-state index in [9.17, 15) is 5.11 Å². The van der Waals surface area contributed by atoms with Crippen molar-refractivity contribution >= 4 is 0 Å². The molecule has 3 heteroatoms. The van der Waals surface area contributed by atoms with Crippen molar-refractivity contribution in [2.45, 2.75) is 19.6 Å².